The summed E-state index contributed by atoms with van der Waals surface area (Å²) in [5, 5.41) is 3.23. The first kappa shape index (κ1) is 14.0. The second kappa shape index (κ2) is 6.12. The van der Waals surface area contributed by atoms with Crippen molar-refractivity contribution in [2.45, 2.75) is 6.04 Å². The molecular formula is C14H16BrNO3. The number of nitrogens with one attached hydrogen (secondary N) is 1. The van der Waals surface area contributed by atoms with Gasteiger partial charge in [-0.1, -0.05) is 6.07 Å². The van der Waals surface area contributed by atoms with Gasteiger partial charge in [0, 0.05) is 0 Å². The molecule has 5 heteroatoms. The van der Waals surface area contributed by atoms with Gasteiger partial charge in [0.25, 0.3) is 0 Å². The van der Waals surface area contributed by atoms with Gasteiger partial charge >= 0.3 is 0 Å². The van der Waals surface area contributed by atoms with Gasteiger partial charge in [-0.3, -0.25) is 0 Å². The second-order valence-corrected chi connectivity index (χ2v) is 4.79. The molecule has 0 radical (unpaired) electrons. The summed E-state index contributed by atoms with van der Waals surface area (Å²) in [4.78, 5) is 0. The molecule has 1 atom stereocenters. The van der Waals surface area contributed by atoms with Crippen molar-refractivity contribution in [1.82, 2.24) is 5.32 Å². The zero-order valence-electron chi connectivity index (χ0n) is 11.1. The van der Waals surface area contributed by atoms with E-state index in [0.717, 1.165) is 27.3 Å². The van der Waals surface area contributed by atoms with Crippen LogP contribution in [0, 0.1) is 0 Å². The lowest BCUT2D eigenvalue weighted by atomic mass is 10.0. The Morgan fingerprint density at radius 2 is 1.79 bits per heavy atom. The summed E-state index contributed by atoms with van der Waals surface area (Å²) in [5.74, 6) is 2.29. The number of rotatable bonds is 5. The quantitative estimate of drug-likeness (QED) is 0.915. The highest BCUT2D eigenvalue weighted by molar-refractivity contribution is 9.10. The van der Waals surface area contributed by atoms with Crippen LogP contribution < -0.4 is 14.8 Å². The van der Waals surface area contributed by atoms with E-state index in [1.54, 1.807) is 20.5 Å². The van der Waals surface area contributed by atoms with Gasteiger partial charge in [-0.2, -0.15) is 0 Å². The minimum Gasteiger partial charge on any atom is -0.496 e. The van der Waals surface area contributed by atoms with Crippen molar-refractivity contribution in [3.63, 3.8) is 0 Å². The summed E-state index contributed by atoms with van der Waals surface area (Å²) in [6.45, 7) is 0. The molecule has 0 saturated heterocycles. The van der Waals surface area contributed by atoms with E-state index in [9.17, 15) is 0 Å². The average Bonchev–Trinajstić information content (AvgIpc) is 2.86. The summed E-state index contributed by atoms with van der Waals surface area (Å²) in [7, 11) is 5.15. The average molecular weight is 326 g/mol. The summed E-state index contributed by atoms with van der Waals surface area (Å²) in [6.07, 6.45) is 1.64. The van der Waals surface area contributed by atoms with E-state index < -0.39 is 0 Å². The lowest BCUT2D eigenvalue weighted by Gasteiger charge is -2.20. The van der Waals surface area contributed by atoms with Crippen LogP contribution in [0.2, 0.25) is 0 Å². The van der Waals surface area contributed by atoms with Crippen molar-refractivity contribution < 1.29 is 13.9 Å². The number of furan rings is 1. The molecule has 0 amide bonds. The van der Waals surface area contributed by atoms with Crippen LogP contribution in [-0.4, -0.2) is 21.3 Å². The number of ether oxygens (including phenoxy) is 2. The largest absolute Gasteiger partial charge is 0.496 e. The van der Waals surface area contributed by atoms with E-state index >= 15 is 0 Å². The molecule has 0 aliphatic rings. The summed E-state index contributed by atoms with van der Waals surface area (Å²) < 4.78 is 17.3. The summed E-state index contributed by atoms with van der Waals surface area (Å²) in [5.41, 5.74) is 0.908. The van der Waals surface area contributed by atoms with E-state index in [0.29, 0.717) is 0 Å². The Hall–Kier alpha value is -1.46. The fraction of sp³-hybridized carbons (Fsp3) is 0.286. The highest BCUT2D eigenvalue weighted by atomic mass is 79.9. The first-order valence-electron chi connectivity index (χ1n) is 5.84. The van der Waals surface area contributed by atoms with Crippen LogP contribution in [0.25, 0.3) is 0 Å². The molecule has 0 fully saturated rings. The molecule has 19 heavy (non-hydrogen) atoms. The SMILES string of the molecule is CNC(c1occc1Br)c1c(OC)cccc1OC. The smallest absolute Gasteiger partial charge is 0.139 e. The van der Waals surface area contributed by atoms with E-state index in [1.807, 2.05) is 31.3 Å². The number of hydrogen-bond acceptors (Lipinski definition) is 4. The maximum atomic E-state index is 5.55. The first-order chi connectivity index (χ1) is 9.22. The van der Waals surface area contributed by atoms with Crippen LogP contribution >= 0.6 is 15.9 Å². The molecule has 102 valence electrons. The van der Waals surface area contributed by atoms with E-state index in [4.69, 9.17) is 13.9 Å². The molecule has 1 unspecified atom stereocenters. The van der Waals surface area contributed by atoms with Crippen molar-refractivity contribution in [2.24, 2.45) is 0 Å². The van der Waals surface area contributed by atoms with Gasteiger partial charge in [-0.25, -0.2) is 0 Å². The Balaban J connectivity index is 2.57. The monoisotopic (exact) mass is 325 g/mol. The Labute approximate surface area is 120 Å². The lowest BCUT2D eigenvalue weighted by molar-refractivity contribution is 0.369. The molecule has 0 aliphatic carbocycles. The standard InChI is InChI=1S/C14H16BrNO3/c1-16-13(14-9(15)7-8-19-14)12-10(17-2)5-4-6-11(12)18-3/h4-8,13,16H,1-3H3. The molecule has 0 saturated carbocycles. The fourth-order valence-corrected chi connectivity index (χ4v) is 2.51. The number of methoxy groups -OCH3 is 2. The highest BCUT2D eigenvalue weighted by Gasteiger charge is 2.25. The van der Waals surface area contributed by atoms with Gasteiger partial charge in [0.1, 0.15) is 17.3 Å². The molecule has 0 spiro atoms. The van der Waals surface area contributed by atoms with Crippen LogP contribution in [0.4, 0.5) is 0 Å². The van der Waals surface area contributed by atoms with Crippen LogP contribution in [0.5, 0.6) is 11.5 Å². The molecule has 0 bridgehead atoms. The fourth-order valence-electron chi connectivity index (χ4n) is 2.08. The molecule has 1 aromatic carbocycles. The van der Waals surface area contributed by atoms with Gasteiger partial charge in [0.15, 0.2) is 0 Å². The maximum absolute atomic E-state index is 5.55. The van der Waals surface area contributed by atoms with Gasteiger partial charge in [0.05, 0.1) is 36.6 Å². The van der Waals surface area contributed by atoms with E-state index in [1.165, 1.54) is 0 Å². The minimum atomic E-state index is -0.157. The van der Waals surface area contributed by atoms with Crippen LogP contribution in [0.3, 0.4) is 0 Å². The van der Waals surface area contributed by atoms with E-state index in [2.05, 4.69) is 21.2 Å². The minimum absolute atomic E-state index is 0.157. The normalized spacial score (nSPS) is 12.2. The molecule has 0 aliphatic heterocycles. The molecular weight excluding hydrogens is 310 g/mol. The van der Waals surface area contributed by atoms with Gasteiger partial charge < -0.3 is 19.2 Å². The van der Waals surface area contributed by atoms with Crippen LogP contribution in [-0.2, 0) is 0 Å². The maximum Gasteiger partial charge on any atom is 0.139 e. The van der Waals surface area contributed by atoms with Crippen LogP contribution in [0.15, 0.2) is 39.4 Å². The Morgan fingerprint density at radius 3 is 2.21 bits per heavy atom. The predicted octanol–water partition coefficient (Wildman–Crippen LogP) is 3.37. The Kier molecular flexibility index (Phi) is 4.50. The van der Waals surface area contributed by atoms with E-state index in [-0.39, 0.29) is 6.04 Å². The van der Waals surface area contributed by atoms with Gasteiger partial charge in [-0.15, -0.1) is 0 Å². The van der Waals surface area contributed by atoms with Crippen molar-refractivity contribution in [3.05, 3.63) is 46.3 Å². The van der Waals surface area contributed by atoms with Crippen LogP contribution in [0.1, 0.15) is 17.4 Å². The van der Waals surface area contributed by atoms with Gasteiger partial charge in [0.2, 0.25) is 0 Å². The Bertz CT molecular complexity index is 531. The highest BCUT2D eigenvalue weighted by Crippen LogP contribution is 2.39. The first-order valence-corrected chi connectivity index (χ1v) is 6.63. The van der Waals surface area contributed by atoms with Crippen molar-refractivity contribution >= 4 is 15.9 Å². The number of halogens is 1. The third-order valence-corrected chi connectivity index (χ3v) is 3.61. The Morgan fingerprint density at radius 1 is 1.16 bits per heavy atom. The summed E-state index contributed by atoms with van der Waals surface area (Å²) >= 11 is 3.48. The third-order valence-electron chi connectivity index (χ3n) is 2.95. The van der Waals surface area contributed by atoms with Gasteiger partial charge in [-0.05, 0) is 41.2 Å². The molecule has 2 rings (SSSR count). The molecule has 2 aromatic rings. The zero-order chi connectivity index (χ0) is 13.8. The van der Waals surface area contributed by atoms with Crippen molar-refractivity contribution in [2.75, 3.05) is 21.3 Å². The predicted molar refractivity (Wildman–Crippen MR) is 76.9 cm³/mol. The zero-order valence-corrected chi connectivity index (χ0v) is 12.7. The number of hydrogen-bond donors (Lipinski definition) is 1. The van der Waals surface area contributed by atoms with Crippen molar-refractivity contribution in [3.8, 4) is 11.5 Å². The molecule has 1 heterocycles. The molecule has 1 aromatic heterocycles. The number of benzene rings is 1. The third kappa shape index (κ3) is 2.62. The topological polar surface area (TPSA) is 43.6 Å². The molecule has 4 nitrogen and oxygen atoms in total. The molecule has 1 N–H and O–H groups in total. The lowest BCUT2D eigenvalue weighted by Crippen LogP contribution is -2.19. The summed E-state index contributed by atoms with van der Waals surface area (Å²) in [6, 6.07) is 7.40. The second-order valence-electron chi connectivity index (χ2n) is 3.93. The van der Waals surface area contributed by atoms with Crippen molar-refractivity contribution in [1.29, 1.82) is 0 Å².